The molecular weight excluding hydrogens is 188 g/mol. The Kier molecular flexibility index (Phi) is 9.24. The lowest BCUT2D eigenvalue weighted by Crippen LogP contribution is -2.04. The van der Waals surface area contributed by atoms with Gasteiger partial charge in [0.15, 0.2) is 0 Å². The van der Waals surface area contributed by atoms with Crippen LogP contribution in [0, 0.1) is 13.3 Å². The molecule has 1 aliphatic rings. The summed E-state index contributed by atoms with van der Waals surface area (Å²) in [4.78, 5) is 10.6. The molecule has 0 aromatic rings. The standard InChI is InChI=1S/C7H11O2.C6H11/c1-4-5-9-7(8)6(2)3;1-2-4-6-5-3-1/h1-2,4-5H2,3H3;1H,2-6H2. The van der Waals surface area contributed by atoms with E-state index in [1.807, 2.05) is 0 Å². The molecule has 15 heavy (non-hydrogen) atoms. The lowest BCUT2D eigenvalue weighted by Gasteiger charge is -2.05. The van der Waals surface area contributed by atoms with Crippen molar-refractivity contribution in [3.8, 4) is 0 Å². The van der Waals surface area contributed by atoms with Crippen LogP contribution in [0.2, 0.25) is 0 Å². The molecule has 1 rings (SSSR count). The van der Waals surface area contributed by atoms with Crippen LogP contribution in [-0.2, 0) is 9.53 Å². The maximum Gasteiger partial charge on any atom is 0.333 e. The zero-order chi connectivity index (χ0) is 11.5. The van der Waals surface area contributed by atoms with E-state index in [2.05, 4.69) is 24.7 Å². The van der Waals surface area contributed by atoms with E-state index in [0.717, 1.165) is 0 Å². The molecule has 1 saturated carbocycles. The highest BCUT2D eigenvalue weighted by Crippen LogP contribution is 2.14. The van der Waals surface area contributed by atoms with Crippen molar-refractivity contribution in [2.75, 3.05) is 6.61 Å². The highest BCUT2D eigenvalue weighted by Gasteiger charge is 1.99. The highest BCUT2D eigenvalue weighted by atomic mass is 16.5. The molecule has 0 unspecified atom stereocenters. The van der Waals surface area contributed by atoms with Crippen LogP contribution in [0.4, 0.5) is 0 Å². The molecule has 0 aliphatic heterocycles. The molecule has 0 aromatic carbocycles. The second-order valence-corrected chi connectivity index (χ2v) is 3.70. The van der Waals surface area contributed by atoms with Gasteiger partial charge < -0.3 is 4.74 Å². The van der Waals surface area contributed by atoms with Gasteiger partial charge in [0.1, 0.15) is 0 Å². The Morgan fingerprint density at radius 1 is 1.33 bits per heavy atom. The van der Waals surface area contributed by atoms with Crippen molar-refractivity contribution >= 4 is 5.97 Å². The normalized spacial score (nSPS) is 14.8. The summed E-state index contributed by atoms with van der Waals surface area (Å²) in [6.45, 7) is 8.92. The van der Waals surface area contributed by atoms with Gasteiger partial charge in [-0.2, -0.15) is 0 Å². The van der Waals surface area contributed by atoms with Crippen molar-refractivity contribution in [1.29, 1.82) is 0 Å². The maximum absolute atomic E-state index is 10.6. The molecule has 0 heterocycles. The number of hydrogen-bond acceptors (Lipinski definition) is 2. The zero-order valence-electron chi connectivity index (χ0n) is 9.76. The number of carbonyl (C=O) groups is 1. The monoisotopic (exact) mass is 210 g/mol. The quantitative estimate of drug-likeness (QED) is 0.526. The highest BCUT2D eigenvalue weighted by molar-refractivity contribution is 5.86. The summed E-state index contributed by atoms with van der Waals surface area (Å²) >= 11 is 0. The van der Waals surface area contributed by atoms with Crippen molar-refractivity contribution in [3.05, 3.63) is 25.5 Å². The molecule has 0 N–H and O–H groups in total. The van der Waals surface area contributed by atoms with Crippen LogP contribution in [0.1, 0.15) is 45.4 Å². The van der Waals surface area contributed by atoms with E-state index in [0.29, 0.717) is 18.6 Å². The molecule has 0 spiro atoms. The van der Waals surface area contributed by atoms with E-state index in [-0.39, 0.29) is 5.97 Å². The van der Waals surface area contributed by atoms with Gasteiger partial charge in [-0.1, -0.05) is 38.7 Å². The smallest absolute Gasteiger partial charge is 0.333 e. The Morgan fingerprint density at radius 2 is 1.93 bits per heavy atom. The van der Waals surface area contributed by atoms with E-state index < -0.39 is 0 Å². The van der Waals surface area contributed by atoms with E-state index in [4.69, 9.17) is 0 Å². The van der Waals surface area contributed by atoms with E-state index in [1.54, 1.807) is 6.92 Å². The fourth-order valence-corrected chi connectivity index (χ4v) is 1.19. The third kappa shape index (κ3) is 9.51. The molecule has 0 atom stereocenters. The van der Waals surface area contributed by atoms with E-state index in [1.165, 1.54) is 32.1 Å². The van der Waals surface area contributed by atoms with Gasteiger partial charge in [0.25, 0.3) is 0 Å². The predicted octanol–water partition coefficient (Wildman–Crippen LogP) is 3.48. The molecule has 1 aliphatic carbocycles. The molecule has 2 nitrogen and oxygen atoms in total. The summed E-state index contributed by atoms with van der Waals surface area (Å²) < 4.78 is 4.65. The average molecular weight is 210 g/mol. The van der Waals surface area contributed by atoms with Crippen LogP contribution in [0.3, 0.4) is 0 Å². The third-order valence-corrected chi connectivity index (χ3v) is 2.04. The Bertz CT molecular complexity index is 169. The number of esters is 1. The number of carbonyl (C=O) groups excluding carboxylic acids is 1. The van der Waals surface area contributed by atoms with Gasteiger partial charge in [0, 0.05) is 5.57 Å². The van der Waals surface area contributed by atoms with Crippen molar-refractivity contribution in [2.45, 2.75) is 45.4 Å². The fourth-order valence-electron chi connectivity index (χ4n) is 1.19. The summed E-state index contributed by atoms with van der Waals surface area (Å²) in [6, 6.07) is 0. The summed E-state index contributed by atoms with van der Waals surface area (Å²) in [7, 11) is 0. The first kappa shape index (κ1) is 14.2. The first-order valence-electron chi connectivity index (χ1n) is 5.62. The van der Waals surface area contributed by atoms with Crippen molar-refractivity contribution in [1.82, 2.24) is 0 Å². The Balaban J connectivity index is 0.000000280. The minimum Gasteiger partial charge on any atom is -0.462 e. The first-order chi connectivity index (χ1) is 7.18. The Labute approximate surface area is 93.7 Å². The van der Waals surface area contributed by atoms with Crippen LogP contribution in [0.5, 0.6) is 0 Å². The van der Waals surface area contributed by atoms with Crippen LogP contribution in [-0.4, -0.2) is 12.6 Å². The summed E-state index contributed by atoms with van der Waals surface area (Å²) in [5.74, 6) is -0.335. The van der Waals surface area contributed by atoms with Crippen molar-refractivity contribution in [2.24, 2.45) is 0 Å². The van der Waals surface area contributed by atoms with Gasteiger partial charge in [0.05, 0.1) is 6.61 Å². The Hall–Kier alpha value is -0.790. The first-order valence-corrected chi connectivity index (χ1v) is 5.62. The van der Waals surface area contributed by atoms with Gasteiger partial charge in [-0.05, 0) is 26.7 Å². The van der Waals surface area contributed by atoms with E-state index >= 15 is 0 Å². The fraction of sp³-hybridized carbons (Fsp3) is 0.615. The lowest BCUT2D eigenvalue weighted by atomic mass is 10.0. The number of ether oxygens (including phenoxy) is 1. The van der Waals surface area contributed by atoms with Crippen LogP contribution in [0.15, 0.2) is 12.2 Å². The molecular formula is C13H22O2. The second kappa shape index (κ2) is 9.75. The molecule has 86 valence electrons. The van der Waals surface area contributed by atoms with Crippen LogP contribution in [0.25, 0.3) is 0 Å². The zero-order valence-corrected chi connectivity index (χ0v) is 9.76. The summed E-state index contributed by atoms with van der Waals surface area (Å²) in [6.07, 6.45) is 10.1. The molecule has 0 saturated heterocycles. The third-order valence-electron chi connectivity index (χ3n) is 2.04. The van der Waals surface area contributed by atoms with Crippen molar-refractivity contribution in [3.63, 3.8) is 0 Å². The van der Waals surface area contributed by atoms with Crippen LogP contribution < -0.4 is 0 Å². The molecule has 0 bridgehead atoms. The topological polar surface area (TPSA) is 26.3 Å². The van der Waals surface area contributed by atoms with Gasteiger partial charge in [0.2, 0.25) is 0 Å². The minimum atomic E-state index is -0.335. The van der Waals surface area contributed by atoms with Crippen LogP contribution >= 0.6 is 0 Å². The molecule has 0 aromatic heterocycles. The van der Waals surface area contributed by atoms with Crippen molar-refractivity contribution < 1.29 is 9.53 Å². The van der Waals surface area contributed by atoms with Gasteiger partial charge in [-0.15, -0.1) is 0 Å². The Morgan fingerprint density at radius 3 is 2.20 bits per heavy atom. The molecule has 0 amide bonds. The molecule has 1 fully saturated rings. The SMILES string of the molecule is [CH2]CCOC(=O)C(=C)C.[CH]1CCCCC1. The second-order valence-electron chi connectivity index (χ2n) is 3.70. The lowest BCUT2D eigenvalue weighted by molar-refractivity contribution is -0.138. The number of rotatable bonds is 3. The predicted molar refractivity (Wildman–Crippen MR) is 63.1 cm³/mol. The minimum absolute atomic E-state index is 0.335. The maximum atomic E-state index is 10.6. The van der Waals surface area contributed by atoms with E-state index in [9.17, 15) is 4.79 Å². The van der Waals surface area contributed by atoms with Gasteiger partial charge >= 0.3 is 5.97 Å². The number of hydrogen-bond donors (Lipinski definition) is 0. The van der Waals surface area contributed by atoms with Gasteiger partial charge in [-0.25, -0.2) is 4.79 Å². The largest absolute Gasteiger partial charge is 0.462 e. The summed E-state index contributed by atoms with van der Waals surface area (Å²) in [5, 5.41) is 0. The molecule has 2 heteroatoms. The molecule has 2 radical (unpaired) electrons. The average Bonchev–Trinajstić information content (AvgIpc) is 2.29. The summed E-state index contributed by atoms with van der Waals surface area (Å²) in [5.41, 5.74) is 0.434. The van der Waals surface area contributed by atoms with Gasteiger partial charge in [-0.3, -0.25) is 0 Å².